The number of piperidine rings is 1. The third kappa shape index (κ3) is 6.20. The van der Waals surface area contributed by atoms with Gasteiger partial charge in [0, 0.05) is 54.2 Å². The maximum Gasteiger partial charge on any atom is 0.330 e. The van der Waals surface area contributed by atoms with E-state index in [0.29, 0.717) is 30.6 Å². The Hall–Kier alpha value is -2.81. The Morgan fingerprint density at radius 1 is 1.08 bits per heavy atom. The molecule has 0 radical (unpaired) electrons. The summed E-state index contributed by atoms with van der Waals surface area (Å²) in [6, 6.07) is 15.4. The van der Waals surface area contributed by atoms with Crippen molar-refractivity contribution in [2.75, 3.05) is 44.2 Å². The molecule has 0 spiro atoms. The number of esters is 1. The third-order valence-corrected chi connectivity index (χ3v) is 8.29. The second-order valence-corrected chi connectivity index (χ2v) is 11.1. The zero-order valence-electron chi connectivity index (χ0n) is 20.9. The van der Waals surface area contributed by atoms with Gasteiger partial charge in [-0.1, -0.05) is 23.7 Å². The first-order valence-electron chi connectivity index (χ1n) is 12.7. The quantitative estimate of drug-likeness (QED) is 0.313. The average Bonchev–Trinajstić information content (AvgIpc) is 2.91. The molecule has 1 aromatic heterocycles. The second-order valence-electron chi connectivity index (χ2n) is 9.52. The lowest BCUT2D eigenvalue weighted by Crippen LogP contribution is -2.59. The number of anilines is 1. The average molecular weight is 539 g/mol. The van der Waals surface area contributed by atoms with E-state index in [1.54, 1.807) is 11.8 Å². The van der Waals surface area contributed by atoms with Gasteiger partial charge in [0.05, 0.1) is 13.2 Å². The van der Waals surface area contributed by atoms with Crippen LogP contribution in [0.5, 0.6) is 0 Å². The number of aromatic nitrogens is 1. The van der Waals surface area contributed by atoms with E-state index in [1.165, 1.54) is 17.6 Å². The monoisotopic (exact) mass is 538 g/mol. The molecule has 1 unspecified atom stereocenters. The Balaban J connectivity index is 1.25. The third-order valence-electron chi connectivity index (χ3n) is 7.05. The lowest BCUT2D eigenvalue weighted by Gasteiger charge is -2.42. The summed E-state index contributed by atoms with van der Waals surface area (Å²) in [6.45, 7) is 5.23. The fraction of sp³-hybridized carbons (Fsp3) is 0.393. The van der Waals surface area contributed by atoms with E-state index in [9.17, 15) is 9.59 Å². The molecule has 0 bridgehead atoms. The van der Waals surface area contributed by atoms with Gasteiger partial charge < -0.3 is 14.5 Å². The number of fused-ring (bicyclic) bond motifs is 1. The van der Waals surface area contributed by atoms with Gasteiger partial charge in [0.25, 0.3) is 0 Å². The fourth-order valence-corrected chi connectivity index (χ4v) is 6.30. The van der Waals surface area contributed by atoms with Crippen LogP contribution >= 0.6 is 23.5 Å². The fourth-order valence-electron chi connectivity index (χ4n) is 5.12. The number of nitrogens with zero attached hydrogens (tertiary/aromatic N) is 4. The van der Waals surface area contributed by atoms with Crippen molar-refractivity contribution in [3.05, 3.63) is 65.9 Å². The zero-order chi connectivity index (χ0) is 25.8. The molecular formula is C28H31ClN4O3S. The number of hydrogen-bond acceptors (Lipinski definition) is 7. The molecule has 9 heteroatoms. The van der Waals surface area contributed by atoms with Crippen LogP contribution in [0.15, 0.2) is 65.8 Å². The highest BCUT2D eigenvalue weighted by Crippen LogP contribution is 2.31. The van der Waals surface area contributed by atoms with Crippen molar-refractivity contribution in [2.45, 2.75) is 30.7 Å². The lowest BCUT2D eigenvalue weighted by atomic mass is 9.94. The molecule has 0 aliphatic carbocycles. The second kappa shape index (κ2) is 11.7. The molecule has 1 atom stereocenters. The molecular weight excluding hydrogens is 508 g/mol. The lowest BCUT2D eigenvalue weighted by molar-refractivity contribution is -0.158. The number of ether oxygens (including phenoxy) is 1. The number of hydrogen-bond donors (Lipinski definition) is 0. The molecule has 0 saturated carbocycles. The number of rotatable bonds is 7. The first kappa shape index (κ1) is 25.8. The van der Waals surface area contributed by atoms with Gasteiger partial charge >= 0.3 is 5.97 Å². The van der Waals surface area contributed by atoms with Crippen LogP contribution in [-0.4, -0.2) is 71.4 Å². The van der Waals surface area contributed by atoms with Gasteiger partial charge in [-0.05, 0) is 84.8 Å². The summed E-state index contributed by atoms with van der Waals surface area (Å²) < 4.78 is 7.37. The van der Waals surface area contributed by atoms with E-state index in [4.69, 9.17) is 16.3 Å². The highest BCUT2D eigenvalue weighted by Gasteiger charge is 2.39. The van der Waals surface area contributed by atoms with E-state index in [1.807, 2.05) is 59.2 Å². The molecule has 2 aromatic carbocycles. The number of halogens is 1. The first-order valence-corrected chi connectivity index (χ1v) is 13.9. The van der Waals surface area contributed by atoms with Crippen LogP contribution in [0.2, 0.25) is 5.02 Å². The van der Waals surface area contributed by atoms with Crippen LogP contribution in [-0.2, 0) is 14.3 Å². The van der Waals surface area contributed by atoms with Crippen molar-refractivity contribution in [3.63, 3.8) is 0 Å². The molecule has 7 nitrogen and oxygen atoms in total. The van der Waals surface area contributed by atoms with Gasteiger partial charge in [-0.15, -0.1) is 0 Å². The minimum Gasteiger partial charge on any atom is -0.464 e. The minimum absolute atomic E-state index is 0.0269. The van der Waals surface area contributed by atoms with Crippen molar-refractivity contribution < 1.29 is 14.3 Å². The van der Waals surface area contributed by atoms with Crippen LogP contribution in [0.1, 0.15) is 19.8 Å². The molecule has 37 heavy (non-hydrogen) atoms. The van der Waals surface area contributed by atoms with Crippen LogP contribution in [0, 0.1) is 5.92 Å². The van der Waals surface area contributed by atoms with Crippen molar-refractivity contribution in [1.82, 2.24) is 14.2 Å². The Kier molecular flexibility index (Phi) is 8.17. The van der Waals surface area contributed by atoms with E-state index in [2.05, 4.69) is 16.0 Å². The summed E-state index contributed by atoms with van der Waals surface area (Å²) in [5.74, 6) is -0.00468. The molecule has 2 fully saturated rings. The molecule has 3 aromatic rings. The molecule has 5 rings (SSSR count). The predicted molar refractivity (Wildman–Crippen MR) is 148 cm³/mol. The molecule has 2 aliphatic rings. The van der Waals surface area contributed by atoms with Gasteiger partial charge in [0.2, 0.25) is 5.91 Å². The summed E-state index contributed by atoms with van der Waals surface area (Å²) in [5.41, 5.74) is 1.18. The normalized spacial score (nSPS) is 19.4. The number of benzene rings is 2. The number of carbonyl (C=O) groups is 2. The summed E-state index contributed by atoms with van der Waals surface area (Å²) in [4.78, 5) is 35.6. The molecule has 194 valence electrons. The first-order chi connectivity index (χ1) is 18.0. The highest BCUT2D eigenvalue weighted by molar-refractivity contribution is 7.97. The van der Waals surface area contributed by atoms with Crippen molar-refractivity contribution in [1.29, 1.82) is 0 Å². The maximum atomic E-state index is 13.4. The summed E-state index contributed by atoms with van der Waals surface area (Å²) in [5, 5.41) is 2.85. The van der Waals surface area contributed by atoms with Crippen molar-refractivity contribution in [3.8, 4) is 0 Å². The van der Waals surface area contributed by atoms with Crippen molar-refractivity contribution in [2.24, 2.45) is 5.92 Å². The summed E-state index contributed by atoms with van der Waals surface area (Å²) in [7, 11) is 0. The van der Waals surface area contributed by atoms with Gasteiger partial charge in [0.15, 0.2) is 0 Å². The van der Waals surface area contributed by atoms with E-state index in [-0.39, 0.29) is 18.4 Å². The van der Waals surface area contributed by atoms with Crippen molar-refractivity contribution >= 4 is 51.9 Å². The van der Waals surface area contributed by atoms with Crippen LogP contribution in [0.3, 0.4) is 0 Å². The molecule has 2 saturated heterocycles. The maximum absolute atomic E-state index is 13.4. The largest absolute Gasteiger partial charge is 0.464 e. The summed E-state index contributed by atoms with van der Waals surface area (Å²) >= 11 is 7.62. The number of carbonyl (C=O) groups excluding carboxylic acids is 2. The topological polar surface area (TPSA) is 66.0 Å². The Morgan fingerprint density at radius 3 is 2.57 bits per heavy atom. The smallest absolute Gasteiger partial charge is 0.330 e. The SMILES string of the molecule is CCOC(=O)C1CN(Sc2ccc3cc(Cl)ccc3c2)CC(=O)N1CC1CCN(c2ccncc2)CC1. The van der Waals surface area contributed by atoms with E-state index in [0.717, 1.165) is 41.6 Å². The van der Waals surface area contributed by atoms with E-state index >= 15 is 0 Å². The Morgan fingerprint density at radius 2 is 1.81 bits per heavy atom. The predicted octanol–water partition coefficient (Wildman–Crippen LogP) is 4.89. The van der Waals surface area contributed by atoms with Gasteiger partial charge in [0.1, 0.15) is 6.04 Å². The van der Waals surface area contributed by atoms with Gasteiger partial charge in [-0.2, -0.15) is 0 Å². The number of pyridine rings is 1. The van der Waals surface area contributed by atoms with Gasteiger partial charge in [-0.3, -0.25) is 9.78 Å². The molecule has 0 N–H and O–H groups in total. The summed E-state index contributed by atoms with van der Waals surface area (Å²) in [6.07, 6.45) is 5.58. The van der Waals surface area contributed by atoms with Gasteiger partial charge in [-0.25, -0.2) is 9.10 Å². The van der Waals surface area contributed by atoms with Crippen LogP contribution in [0.4, 0.5) is 5.69 Å². The number of piperazine rings is 1. The molecule has 1 amide bonds. The zero-order valence-corrected chi connectivity index (χ0v) is 22.5. The standard InChI is InChI=1S/C28H31ClN4O3S/c1-2-36-28(35)26-18-32(37-25-6-4-21-15-23(29)5-3-22(21)16-25)19-27(34)33(26)17-20-9-13-31(14-10-20)24-7-11-30-12-8-24/h3-8,11-12,15-16,20,26H,2,9-10,13-14,17-19H2,1H3. The number of amides is 1. The van der Waals surface area contributed by atoms with E-state index < -0.39 is 6.04 Å². The highest BCUT2D eigenvalue weighted by atomic mass is 35.5. The Labute approximate surface area is 226 Å². The van der Waals surface area contributed by atoms with Crippen LogP contribution < -0.4 is 4.90 Å². The Bertz CT molecular complexity index is 1250. The molecule has 3 heterocycles. The van der Waals surface area contributed by atoms with Crippen LogP contribution in [0.25, 0.3) is 10.8 Å². The molecule has 2 aliphatic heterocycles. The minimum atomic E-state index is -0.605.